The minimum Gasteiger partial charge on any atom is -0.481 e. The van der Waals surface area contributed by atoms with Crippen molar-refractivity contribution < 1.29 is 9.90 Å². The van der Waals surface area contributed by atoms with Gasteiger partial charge in [-0.3, -0.25) is 4.79 Å². The maximum atomic E-state index is 10.8. The zero-order valence-electron chi connectivity index (χ0n) is 8.03. The number of rotatable bonds is 2. The second-order valence-corrected chi connectivity index (χ2v) is 3.65. The molecule has 1 atom stereocenters. The van der Waals surface area contributed by atoms with E-state index in [9.17, 15) is 4.79 Å². The summed E-state index contributed by atoms with van der Waals surface area (Å²) in [5, 5.41) is 8.88. The summed E-state index contributed by atoms with van der Waals surface area (Å²) >= 11 is 0. The Morgan fingerprint density at radius 1 is 1.43 bits per heavy atom. The summed E-state index contributed by atoms with van der Waals surface area (Å²) in [4.78, 5) is 10.8. The third kappa shape index (κ3) is 1.43. The van der Waals surface area contributed by atoms with Crippen LogP contribution in [0.1, 0.15) is 18.1 Å². The SMILES string of the molecule is CC(C(=O)O)C1=Cc2ccccc2C1. The number of benzene rings is 1. The Bertz CT molecular complexity index is 405. The summed E-state index contributed by atoms with van der Waals surface area (Å²) in [6.07, 6.45) is 2.78. The van der Waals surface area contributed by atoms with Gasteiger partial charge in [-0.25, -0.2) is 0 Å². The van der Waals surface area contributed by atoms with E-state index in [1.54, 1.807) is 6.92 Å². The Morgan fingerprint density at radius 3 is 2.79 bits per heavy atom. The summed E-state index contributed by atoms with van der Waals surface area (Å²) in [6.45, 7) is 1.74. The maximum absolute atomic E-state index is 10.8. The maximum Gasteiger partial charge on any atom is 0.310 e. The molecule has 0 aromatic heterocycles. The first-order valence-corrected chi connectivity index (χ1v) is 4.69. The van der Waals surface area contributed by atoms with E-state index in [4.69, 9.17) is 5.11 Å². The van der Waals surface area contributed by atoms with Gasteiger partial charge in [-0.15, -0.1) is 0 Å². The second kappa shape index (κ2) is 3.29. The van der Waals surface area contributed by atoms with Gasteiger partial charge >= 0.3 is 5.97 Å². The molecule has 1 unspecified atom stereocenters. The van der Waals surface area contributed by atoms with Gasteiger partial charge in [-0.05, 0) is 24.5 Å². The molecule has 1 aliphatic rings. The van der Waals surface area contributed by atoms with Crippen LogP contribution in [-0.4, -0.2) is 11.1 Å². The highest BCUT2D eigenvalue weighted by atomic mass is 16.4. The highest BCUT2D eigenvalue weighted by Crippen LogP contribution is 2.29. The molecule has 0 aliphatic heterocycles. The van der Waals surface area contributed by atoms with Crippen molar-refractivity contribution in [1.82, 2.24) is 0 Å². The quantitative estimate of drug-likeness (QED) is 0.773. The number of aliphatic carboxylic acids is 1. The van der Waals surface area contributed by atoms with Crippen molar-refractivity contribution in [3.63, 3.8) is 0 Å². The normalized spacial score (nSPS) is 15.9. The van der Waals surface area contributed by atoms with E-state index in [1.165, 1.54) is 5.56 Å². The molecule has 1 aliphatic carbocycles. The van der Waals surface area contributed by atoms with Gasteiger partial charge in [0.2, 0.25) is 0 Å². The fourth-order valence-corrected chi connectivity index (χ4v) is 1.74. The molecule has 0 heterocycles. The number of hydrogen-bond donors (Lipinski definition) is 1. The van der Waals surface area contributed by atoms with Crippen LogP contribution in [0.5, 0.6) is 0 Å². The van der Waals surface area contributed by atoms with Crippen LogP contribution < -0.4 is 0 Å². The first-order valence-electron chi connectivity index (χ1n) is 4.69. The van der Waals surface area contributed by atoms with Crippen molar-refractivity contribution in [3.05, 3.63) is 41.0 Å². The molecule has 0 radical (unpaired) electrons. The van der Waals surface area contributed by atoms with Crippen molar-refractivity contribution >= 4 is 12.0 Å². The molecule has 1 aromatic rings. The molecular formula is C12H12O2. The largest absolute Gasteiger partial charge is 0.481 e. The minimum atomic E-state index is -0.746. The molecule has 0 bridgehead atoms. The minimum absolute atomic E-state index is 0.373. The van der Waals surface area contributed by atoms with Crippen LogP contribution in [-0.2, 0) is 11.2 Å². The van der Waals surface area contributed by atoms with Crippen molar-refractivity contribution in [2.45, 2.75) is 13.3 Å². The monoisotopic (exact) mass is 188 g/mol. The van der Waals surface area contributed by atoms with Gasteiger partial charge in [0.05, 0.1) is 5.92 Å². The molecule has 0 saturated carbocycles. The predicted molar refractivity (Wildman–Crippen MR) is 54.9 cm³/mol. The fourth-order valence-electron chi connectivity index (χ4n) is 1.74. The van der Waals surface area contributed by atoms with Crippen LogP contribution in [0.3, 0.4) is 0 Å². The van der Waals surface area contributed by atoms with Crippen molar-refractivity contribution in [3.8, 4) is 0 Å². The molecule has 0 fully saturated rings. The van der Waals surface area contributed by atoms with E-state index in [2.05, 4.69) is 0 Å². The van der Waals surface area contributed by atoms with E-state index in [0.29, 0.717) is 0 Å². The topological polar surface area (TPSA) is 37.3 Å². The molecule has 0 spiro atoms. The molecule has 2 nitrogen and oxygen atoms in total. The van der Waals surface area contributed by atoms with Gasteiger partial charge in [0, 0.05) is 0 Å². The van der Waals surface area contributed by atoms with Gasteiger partial charge in [-0.2, -0.15) is 0 Å². The lowest BCUT2D eigenvalue weighted by Crippen LogP contribution is -2.12. The lowest BCUT2D eigenvalue weighted by atomic mass is 10.00. The van der Waals surface area contributed by atoms with Gasteiger partial charge in [-0.1, -0.05) is 35.9 Å². The highest BCUT2D eigenvalue weighted by molar-refractivity contribution is 5.78. The van der Waals surface area contributed by atoms with E-state index in [0.717, 1.165) is 17.6 Å². The summed E-state index contributed by atoms with van der Waals surface area (Å²) < 4.78 is 0. The van der Waals surface area contributed by atoms with Crippen LogP contribution in [0, 0.1) is 5.92 Å². The van der Waals surface area contributed by atoms with Gasteiger partial charge in [0.15, 0.2) is 0 Å². The van der Waals surface area contributed by atoms with Crippen molar-refractivity contribution in [1.29, 1.82) is 0 Å². The van der Waals surface area contributed by atoms with E-state index in [1.807, 2.05) is 30.3 Å². The van der Waals surface area contributed by atoms with Crippen LogP contribution in [0.2, 0.25) is 0 Å². The average molecular weight is 188 g/mol. The average Bonchev–Trinajstić information content (AvgIpc) is 2.59. The van der Waals surface area contributed by atoms with Crippen LogP contribution in [0.4, 0.5) is 0 Å². The van der Waals surface area contributed by atoms with E-state index in [-0.39, 0.29) is 5.92 Å². The zero-order chi connectivity index (χ0) is 10.1. The number of hydrogen-bond acceptors (Lipinski definition) is 1. The lowest BCUT2D eigenvalue weighted by molar-refractivity contribution is -0.139. The van der Waals surface area contributed by atoms with Crippen LogP contribution in [0.15, 0.2) is 29.8 Å². The van der Waals surface area contributed by atoms with E-state index < -0.39 is 5.97 Å². The third-order valence-electron chi connectivity index (χ3n) is 2.72. The smallest absolute Gasteiger partial charge is 0.310 e. The fraction of sp³-hybridized carbons (Fsp3) is 0.250. The molecule has 0 saturated heterocycles. The second-order valence-electron chi connectivity index (χ2n) is 3.65. The van der Waals surface area contributed by atoms with Crippen LogP contribution >= 0.6 is 0 Å². The van der Waals surface area contributed by atoms with Crippen molar-refractivity contribution in [2.75, 3.05) is 0 Å². The van der Waals surface area contributed by atoms with Gasteiger partial charge < -0.3 is 5.11 Å². The molecule has 2 heteroatoms. The number of fused-ring (bicyclic) bond motifs is 1. The molecule has 14 heavy (non-hydrogen) atoms. The van der Waals surface area contributed by atoms with Crippen molar-refractivity contribution in [2.24, 2.45) is 5.92 Å². The predicted octanol–water partition coefficient (Wildman–Crippen LogP) is 2.35. The molecule has 0 amide bonds. The lowest BCUT2D eigenvalue weighted by Gasteiger charge is -2.06. The van der Waals surface area contributed by atoms with Gasteiger partial charge in [0.25, 0.3) is 0 Å². The number of carboxylic acids is 1. The first-order chi connectivity index (χ1) is 6.68. The molecular weight excluding hydrogens is 176 g/mol. The third-order valence-corrected chi connectivity index (χ3v) is 2.72. The van der Waals surface area contributed by atoms with Crippen LogP contribution in [0.25, 0.3) is 6.08 Å². The Hall–Kier alpha value is -1.57. The summed E-state index contributed by atoms with van der Waals surface area (Å²) in [6, 6.07) is 8.04. The standard InChI is InChI=1S/C12H12O2/c1-8(12(13)14)11-6-9-4-2-3-5-10(9)7-11/h2-6,8H,7H2,1H3,(H,13,14). The number of carbonyl (C=O) groups is 1. The molecule has 72 valence electrons. The molecule has 1 aromatic carbocycles. The Labute approximate surface area is 82.9 Å². The summed E-state index contributed by atoms with van der Waals surface area (Å²) in [5.74, 6) is -1.12. The Kier molecular flexibility index (Phi) is 2.12. The summed E-state index contributed by atoms with van der Waals surface area (Å²) in [5.41, 5.74) is 3.39. The summed E-state index contributed by atoms with van der Waals surface area (Å²) in [7, 11) is 0. The first kappa shape index (κ1) is 9.00. The Balaban J connectivity index is 2.27. The Morgan fingerprint density at radius 2 is 2.14 bits per heavy atom. The molecule has 1 N–H and O–H groups in total. The zero-order valence-corrected chi connectivity index (χ0v) is 8.03. The van der Waals surface area contributed by atoms with E-state index >= 15 is 0 Å². The van der Waals surface area contributed by atoms with Gasteiger partial charge in [0.1, 0.15) is 0 Å². The highest BCUT2D eigenvalue weighted by Gasteiger charge is 2.21. The number of carboxylic acid groups (broad SMARTS) is 1. The molecule has 2 rings (SSSR count).